The van der Waals surface area contributed by atoms with E-state index in [0.717, 1.165) is 12.8 Å². The molecular weight excluding hydrogens is 274 g/mol. The van der Waals surface area contributed by atoms with Gasteiger partial charge in [-0.05, 0) is 20.3 Å². The molecule has 0 spiro atoms. The topological polar surface area (TPSA) is 90.0 Å². The maximum absolute atomic E-state index is 12.3. The zero-order valence-electron chi connectivity index (χ0n) is 13.2. The van der Waals surface area contributed by atoms with Gasteiger partial charge < -0.3 is 20.2 Å². The number of urea groups is 1. The van der Waals surface area contributed by atoms with Crippen LogP contribution >= 0.6 is 0 Å². The second-order valence-electron chi connectivity index (χ2n) is 5.92. The summed E-state index contributed by atoms with van der Waals surface area (Å²) in [6.45, 7) is 6.14. The lowest BCUT2D eigenvalue weighted by Gasteiger charge is -2.44. The second-order valence-corrected chi connectivity index (χ2v) is 5.92. The molecule has 21 heavy (non-hydrogen) atoms. The van der Waals surface area contributed by atoms with E-state index in [0.29, 0.717) is 19.5 Å². The molecule has 0 aliphatic carbocycles. The molecule has 1 heterocycles. The molecule has 0 aromatic heterocycles. The van der Waals surface area contributed by atoms with Gasteiger partial charge in [-0.3, -0.25) is 4.79 Å². The van der Waals surface area contributed by atoms with Crippen molar-refractivity contribution in [3.63, 3.8) is 0 Å². The first-order valence-corrected chi connectivity index (χ1v) is 7.28. The van der Waals surface area contributed by atoms with Crippen molar-refractivity contribution in [1.82, 2.24) is 15.1 Å². The molecule has 7 heteroatoms. The molecule has 2 N–H and O–H groups in total. The first-order valence-electron chi connectivity index (χ1n) is 7.28. The van der Waals surface area contributed by atoms with Crippen molar-refractivity contribution in [2.75, 3.05) is 20.1 Å². The van der Waals surface area contributed by atoms with Gasteiger partial charge in [-0.15, -0.1) is 0 Å². The molecule has 0 aromatic carbocycles. The van der Waals surface area contributed by atoms with Crippen LogP contribution in [0.25, 0.3) is 0 Å². The summed E-state index contributed by atoms with van der Waals surface area (Å²) < 4.78 is 0. The molecule has 3 amide bonds. The predicted molar refractivity (Wildman–Crippen MR) is 77.9 cm³/mol. The van der Waals surface area contributed by atoms with Gasteiger partial charge in [0.25, 0.3) is 0 Å². The Bertz CT molecular complexity index is 422. The SMILES string of the molecule is CCCC[C@H](NC(=O)N1CCN(C)C(=O)C1(C)C)C(=O)O. The molecule has 1 rings (SSSR count). The van der Waals surface area contributed by atoms with E-state index in [2.05, 4.69) is 5.32 Å². The maximum Gasteiger partial charge on any atom is 0.326 e. The largest absolute Gasteiger partial charge is 0.480 e. The number of carboxylic acids is 1. The minimum atomic E-state index is -1.05. The van der Waals surface area contributed by atoms with Gasteiger partial charge in [0.1, 0.15) is 11.6 Å². The van der Waals surface area contributed by atoms with Gasteiger partial charge in [0.05, 0.1) is 0 Å². The number of aliphatic carboxylic acids is 1. The molecule has 1 saturated heterocycles. The zero-order chi connectivity index (χ0) is 16.2. The smallest absolute Gasteiger partial charge is 0.326 e. The van der Waals surface area contributed by atoms with Gasteiger partial charge in [-0.25, -0.2) is 9.59 Å². The number of carbonyl (C=O) groups is 3. The molecule has 0 aromatic rings. The fourth-order valence-corrected chi connectivity index (χ4v) is 2.46. The Morgan fingerprint density at radius 2 is 2.00 bits per heavy atom. The molecule has 1 fully saturated rings. The number of piperazine rings is 1. The van der Waals surface area contributed by atoms with Crippen LogP contribution in [0.4, 0.5) is 4.79 Å². The van der Waals surface area contributed by atoms with Crippen LogP contribution in [0.1, 0.15) is 40.0 Å². The summed E-state index contributed by atoms with van der Waals surface area (Å²) in [7, 11) is 1.70. The molecular formula is C14H25N3O4. The van der Waals surface area contributed by atoms with E-state index in [1.54, 1.807) is 25.8 Å². The molecule has 1 atom stereocenters. The third-order valence-corrected chi connectivity index (χ3v) is 3.89. The fourth-order valence-electron chi connectivity index (χ4n) is 2.46. The summed E-state index contributed by atoms with van der Waals surface area (Å²) in [6.07, 6.45) is 1.97. The summed E-state index contributed by atoms with van der Waals surface area (Å²) in [5, 5.41) is 11.7. The highest BCUT2D eigenvalue weighted by Gasteiger charge is 2.43. The van der Waals surface area contributed by atoms with Crippen molar-refractivity contribution in [2.45, 2.75) is 51.6 Å². The van der Waals surface area contributed by atoms with Crippen LogP contribution in [-0.4, -0.2) is 64.5 Å². The molecule has 0 radical (unpaired) electrons. The van der Waals surface area contributed by atoms with Gasteiger partial charge >= 0.3 is 12.0 Å². The second kappa shape index (κ2) is 6.78. The Balaban J connectivity index is 2.77. The average molecular weight is 299 g/mol. The minimum Gasteiger partial charge on any atom is -0.480 e. The fraction of sp³-hybridized carbons (Fsp3) is 0.786. The lowest BCUT2D eigenvalue weighted by Crippen LogP contribution is -2.66. The number of hydrogen-bond acceptors (Lipinski definition) is 3. The van der Waals surface area contributed by atoms with Gasteiger partial charge in [-0.2, -0.15) is 0 Å². The number of nitrogens with zero attached hydrogens (tertiary/aromatic N) is 2. The third-order valence-electron chi connectivity index (χ3n) is 3.89. The highest BCUT2D eigenvalue weighted by atomic mass is 16.4. The summed E-state index contributed by atoms with van der Waals surface area (Å²) in [5.74, 6) is -1.20. The van der Waals surface area contributed by atoms with Crippen LogP contribution in [0.3, 0.4) is 0 Å². The van der Waals surface area contributed by atoms with E-state index in [1.165, 1.54) is 4.90 Å². The van der Waals surface area contributed by atoms with Gasteiger partial charge in [-0.1, -0.05) is 19.8 Å². The van der Waals surface area contributed by atoms with Crippen LogP contribution in [0.15, 0.2) is 0 Å². The number of amides is 3. The Kier molecular flexibility index (Phi) is 5.57. The molecule has 7 nitrogen and oxygen atoms in total. The lowest BCUT2D eigenvalue weighted by atomic mass is 9.98. The van der Waals surface area contributed by atoms with Crippen molar-refractivity contribution >= 4 is 17.9 Å². The average Bonchev–Trinajstić information content (AvgIpc) is 2.40. The number of rotatable bonds is 5. The van der Waals surface area contributed by atoms with Gasteiger partial charge in [0.15, 0.2) is 0 Å². The first kappa shape index (κ1) is 17.3. The first-order chi connectivity index (χ1) is 9.71. The van der Waals surface area contributed by atoms with E-state index in [9.17, 15) is 14.4 Å². The van der Waals surface area contributed by atoms with Crippen LogP contribution in [0.5, 0.6) is 0 Å². The predicted octanol–water partition coefficient (Wildman–Crippen LogP) is 0.892. The summed E-state index contributed by atoms with van der Waals surface area (Å²) in [5.41, 5.74) is -0.967. The van der Waals surface area contributed by atoms with Crippen molar-refractivity contribution in [3.8, 4) is 0 Å². The number of unbranched alkanes of at least 4 members (excludes halogenated alkanes) is 1. The Hall–Kier alpha value is -1.79. The standard InChI is InChI=1S/C14H25N3O4/c1-5-6-7-10(11(18)19)15-13(21)17-9-8-16(4)12(20)14(17,2)3/h10H,5-9H2,1-4H3,(H,15,21)(H,18,19)/t10-/m0/s1. The summed E-state index contributed by atoms with van der Waals surface area (Å²) in [4.78, 5) is 38.7. The van der Waals surface area contributed by atoms with Crippen molar-refractivity contribution < 1.29 is 19.5 Å². The number of likely N-dealkylation sites (N-methyl/N-ethyl adjacent to an activating group) is 1. The zero-order valence-corrected chi connectivity index (χ0v) is 13.2. The molecule has 0 unspecified atom stereocenters. The van der Waals surface area contributed by atoms with E-state index in [1.807, 2.05) is 6.92 Å². The number of carboxylic acid groups (broad SMARTS) is 1. The van der Waals surface area contributed by atoms with E-state index >= 15 is 0 Å². The quantitative estimate of drug-likeness (QED) is 0.789. The van der Waals surface area contributed by atoms with E-state index < -0.39 is 23.6 Å². The third kappa shape index (κ3) is 3.86. The van der Waals surface area contributed by atoms with Crippen LogP contribution < -0.4 is 5.32 Å². The van der Waals surface area contributed by atoms with E-state index in [4.69, 9.17) is 5.11 Å². The number of nitrogens with one attached hydrogen (secondary N) is 1. The van der Waals surface area contributed by atoms with Crippen LogP contribution in [0, 0.1) is 0 Å². The Morgan fingerprint density at radius 1 is 1.38 bits per heavy atom. The molecule has 1 aliphatic rings. The van der Waals surface area contributed by atoms with Crippen molar-refractivity contribution in [1.29, 1.82) is 0 Å². The van der Waals surface area contributed by atoms with Crippen molar-refractivity contribution in [3.05, 3.63) is 0 Å². The minimum absolute atomic E-state index is 0.149. The lowest BCUT2D eigenvalue weighted by molar-refractivity contribution is -0.144. The molecule has 120 valence electrons. The van der Waals surface area contributed by atoms with E-state index in [-0.39, 0.29) is 5.91 Å². The maximum atomic E-state index is 12.3. The van der Waals surface area contributed by atoms with Crippen LogP contribution in [-0.2, 0) is 9.59 Å². The Labute approximate surface area is 125 Å². The highest BCUT2D eigenvalue weighted by molar-refractivity contribution is 5.92. The summed E-state index contributed by atoms with van der Waals surface area (Å²) >= 11 is 0. The Morgan fingerprint density at radius 3 is 2.52 bits per heavy atom. The number of hydrogen-bond donors (Lipinski definition) is 2. The van der Waals surface area contributed by atoms with Gasteiger partial charge in [0, 0.05) is 20.1 Å². The molecule has 0 bridgehead atoms. The van der Waals surface area contributed by atoms with Gasteiger partial charge in [0.2, 0.25) is 5.91 Å². The van der Waals surface area contributed by atoms with Crippen molar-refractivity contribution in [2.24, 2.45) is 0 Å². The highest BCUT2D eigenvalue weighted by Crippen LogP contribution is 2.21. The molecule has 1 aliphatic heterocycles. The summed E-state index contributed by atoms with van der Waals surface area (Å²) in [6, 6.07) is -1.41. The normalized spacial score (nSPS) is 19.3. The van der Waals surface area contributed by atoms with Crippen LogP contribution in [0.2, 0.25) is 0 Å². The monoisotopic (exact) mass is 299 g/mol. The number of carbonyl (C=O) groups excluding carboxylic acids is 2. The molecule has 0 saturated carbocycles.